The molecular weight excluding hydrogens is 462 g/mol. The van der Waals surface area contributed by atoms with Gasteiger partial charge in [-0.05, 0) is 48.0 Å². The minimum Gasteiger partial charge on any atom is -0.495 e. The second-order valence-corrected chi connectivity index (χ2v) is 6.69. The molecule has 13 nitrogen and oxygen atoms in total. The van der Waals surface area contributed by atoms with Crippen LogP contribution in [0.1, 0.15) is 5.56 Å². The van der Waals surface area contributed by atoms with Crippen LogP contribution in [-0.4, -0.2) is 35.0 Å². The second-order valence-electron chi connectivity index (χ2n) is 6.69. The van der Waals surface area contributed by atoms with Gasteiger partial charge < -0.3 is 14.8 Å². The zero-order valence-corrected chi connectivity index (χ0v) is 18.0. The first-order valence-electron chi connectivity index (χ1n) is 9.76. The number of hydrogen-bond acceptors (Lipinski definition) is 9. The lowest BCUT2D eigenvalue weighted by molar-refractivity contribution is -0.394. The van der Waals surface area contributed by atoms with Gasteiger partial charge in [-0.25, -0.2) is 5.43 Å². The van der Waals surface area contributed by atoms with Crippen LogP contribution in [0.15, 0.2) is 71.8 Å². The first-order valence-corrected chi connectivity index (χ1v) is 9.76. The number of nitrogens with one attached hydrogen (secondary N) is 2. The number of carbonyl (C=O) groups is 2. The molecular formula is C22H17N5O8. The van der Waals surface area contributed by atoms with E-state index >= 15 is 0 Å². The van der Waals surface area contributed by atoms with Gasteiger partial charge in [0.25, 0.3) is 5.69 Å². The van der Waals surface area contributed by atoms with Gasteiger partial charge in [-0.1, -0.05) is 12.1 Å². The maximum absolute atomic E-state index is 12.0. The summed E-state index contributed by atoms with van der Waals surface area (Å²) in [6.07, 6.45) is 1.27. The van der Waals surface area contributed by atoms with Crippen molar-refractivity contribution < 1.29 is 28.9 Å². The van der Waals surface area contributed by atoms with Gasteiger partial charge in [0.05, 0.1) is 34.9 Å². The summed E-state index contributed by atoms with van der Waals surface area (Å²) in [6.45, 7) is 0. The molecule has 0 spiro atoms. The van der Waals surface area contributed by atoms with E-state index in [1.54, 1.807) is 24.3 Å². The van der Waals surface area contributed by atoms with Gasteiger partial charge in [0, 0.05) is 6.07 Å². The maximum atomic E-state index is 12.0. The summed E-state index contributed by atoms with van der Waals surface area (Å²) in [5.41, 5.74) is 1.94. The highest BCUT2D eigenvalue weighted by Gasteiger charge is 2.21. The Labute approximate surface area is 197 Å². The Bertz CT molecular complexity index is 1310. The smallest absolute Gasteiger partial charge is 0.329 e. The van der Waals surface area contributed by atoms with E-state index in [9.17, 15) is 29.8 Å². The molecule has 0 heterocycles. The summed E-state index contributed by atoms with van der Waals surface area (Å²) in [5.74, 6) is -1.51. The van der Waals surface area contributed by atoms with Crippen molar-refractivity contribution in [2.24, 2.45) is 5.10 Å². The summed E-state index contributed by atoms with van der Waals surface area (Å²) >= 11 is 0. The lowest BCUT2D eigenvalue weighted by Crippen LogP contribution is -2.32. The number of para-hydroxylation sites is 2. The predicted molar refractivity (Wildman–Crippen MR) is 124 cm³/mol. The van der Waals surface area contributed by atoms with Crippen molar-refractivity contribution in [2.75, 3.05) is 12.4 Å². The molecule has 0 aliphatic rings. The van der Waals surface area contributed by atoms with Gasteiger partial charge in [0.1, 0.15) is 11.5 Å². The van der Waals surface area contributed by atoms with Crippen LogP contribution in [0.25, 0.3) is 0 Å². The number of benzene rings is 3. The normalized spacial score (nSPS) is 10.4. The molecule has 0 aliphatic heterocycles. The molecule has 0 atom stereocenters. The molecule has 0 unspecified atom stereocenters. The molecule has 0 bridgehead atoms. The summed E-state index contributed by atoms with van der Waals surface area (Å²) in [4.78, 5) is 44.5. The summed E-state index contributed by atoms with van der Waals surface area (Å²) < 4.78 is 10.6. The number of nitrogens with zero attached hydrogens (tertiary/aromatic N) is 3. The number of methoxy groups -OCH3 is 1. The number of nitro benzene ring substituents is 2. The molecule has 35 heavy (non-hydrogen) atoms. The third-order valence-electron chi connectivity index (χ3n) is 4.40. The number of rotatable bonds is 8. The average molecular weight is 479 g/mol. The van der Waals surface area contributed by atoms with Gasteiger partial charge >= 0.3 is 17.5 Å². The Morgan fingerprint density at radius 3 is 2.29 bits per heavy atom. The van der Waals surface area contributed by atoms with E-state index in [0.717, 1.165) is 18.2 Å². The van der Waals surface area contributed by atoms with Crippen molar-refractivity contribution in [3.63, 3.8) is 0 Å². The number of carbonyl (C=O) groups excluding carboxylic acids is 2. The van der Waals surface area contributed by atoms with E-state index in [4.69, 9.17) is 9.47 Å². The van der Waals surface area contributed by atoms with Crippen molar-refractivity contribution in [3.8, 4) is 17.2 Å². The fourth-order valence-electron chi connectivity index (χ4n) is 2.74. The fraction of sp³-hybridized carbons (Fsp3) is 0.0455. The quantitative estimate of drug-likeness (QED) is 0.214. The minimum absolute atomic E-state index is 0.171. The highest BCUT2D eigenvalue weighted by atomic mass is 16.6. The summed E-state index contributed by atoms with van der Waals surface area (Å²) in [7, 11) is 1.43. The van der Waals surface area contributed by atoms with E-state index in [0.29, 0.717) is 17.0 Å². The van der Waals surface area contributed by atoms with Gasteiger partial charge in [-0.3, -0.25) is 29.8 Å². The van der Waals surface area contributed by atoms with Crippen LogP contribution >= 0.6 is 0 Å². The number of non-ortho nitro benzene ring substituents is 1. The Morgan fingerprint density at radius 1 is 0.914 bits per heavy atom. The number of nitro groups is 2. The molecule has 2 amide bonds. The fourth-order valence-corrected chi connectivity index (χ4v) is 2.74. The molecule has 3 aromatic carbocycles. The molecule has 0 saturated carbocycles. The van der Waals surface area contributed by atoms with Gasteiger partial charge in [-0.15, -0.1) is 0 Å². The molecule has 2 N–H and O–H groups in total. The van der Waals surface area contributed by atoms with E-state index in [-0.39, 0.29) is 11.5 Å². The van der Waals surface area contributed by atoms with Crippen LogP contribution in [0, 0.1) is 20.2 Å². The number of ether oxygens (including phenoxy) is 2. The molecule has 3 rings (SSSR count). The maximum Gasteiger partial charge on any atom is 0.329 e. The van der Waals surface area contributed by atoms with Gasteiger partial charge in [-0.2, -0.15) is 5.10 Å². The Kier molecular flexibility index (Phi) is 7.64. The van der Waals surface area contributed by atoms with Crippen molar-refractivity contribution in [2.45, 2.75) is 0 Å². The molecule has 3 aromatic rings. The topological polar surface area (TPSA) is 175 Å². The van der Waals surface area contributed by atoms with E-state index in [2.05, 4.69) is 15.8 Å². The highest BCUT2D eigenvalue weighted by Crippen LogP contribution is 2.34. The Morgan fingerprint density at radius 2 is 1.63 bits per heavy atom. The predicted octanol–water partition coefficient (Wildman–Crippen LogP) is 3.39. The van der Waals surface area contributed by atoms with Crippen molar-refractivity contribution in [1.29, 1.82) is 0 Å². The Balaban J connectivity index is 1.60. The van der Waals surface area contributed by atoms with Crippen LogP contribution in [-0.2, 0) is 9.59 Å². The largest absolute Gasteiger partial charge is 0.495 e. The van der Waals surface area contributed by atoms with E-state index in [1.807, 2.05) is 0 Å². The number of hydrazone groups is 1. The lowest BCUT2D eigenvalue weighted by Gasteiger charge is -2.08. The third-order valence-corrected chi connectivity index (χ3v) is 4.40. The zero-order chi connectivity index (χ0) is 25.4. The average Bonchev–Trinajstić information content (AvgIpc) is 2.85. The van der Waals surface area contributed by atoms with Crippen LogP contribution in [0.3, 0.4) is 0 Å². The molecule has 0 fully saturated rings. The molecule has 13 heteroatoms. The van der Waals surface area contributed by atoms with E-state index < -0.39 is 33.0 Å². The Hall–Kier alpha value is -5.33. The monoisotopic (exact) mass is 479 g/mol. The van der Waals surface area contributed by atoms with Gasteiger partial charge in [0.2, 0.25) is 5.75 Å². The van der Waals surface area contributed by atoms with Crippen LogP contribution in [0.2, 0.25) is 0 Å². The lowest BCUT2D eigenvalue weighted by atomic mass is 10.2. The highest BCUT2D eigenvalue weighted by molar-refractivity contribution is 6.39. The zero-order valence-electron chi connectivity index (χ0n) is 18.0. The SMILES string of the molecule is COc1ccccc1NC(=O)C(=O)N/N=C/c1ccc(Oc2ccc([N+](=O)[O-])cc2[N+](=O)[O-])cc1. The number of amides is 2. The van der Waals surface area contributed by atoms with Crippen LogP contribution in [0.4, 0.5) is 17.1 Å². The molecule has 0 aliphatic carbocycles. The van der Waals surface area contributed by atoms with Crippen LogP contribution in [0.5, 0.6) is 17.2 Å². The summed E-state index contributed by atoms with van der Waals surface area (Å²) in [6, 6.07) is 15.6. The number of anilines is 1. The van der Waals surface area contributed by atoms with Crippen molar-refractivity contribution >= 4 is 35.1 Å². The van der Waals surface area contributed by atoms with E-state index in [1.165, 1.54) is 37.6 Å². The van der Waals surface area contributed by atoms with Crippen molar-refractivity contribution in [3.05, 3.63) is 92.5 Å². The summed E-state index contributed by atoms with van der Waals surface area (Å²) in [5, 5.41) is 28.2. The second kappa shape index (κ2) is 11.0. The van der Waals surface area contributed by atoms with Gasteiger partial charge in [0.15, 0.2) is 0 Å². The third kappa shape index (κ3) is 6.35. The molecule has 0 aromatic heterocycles. The van der Waals surface area contributed by atoms with Crippen molar-refractivity contribution in [1.82, 2.24) is 5.43 Å². The first-order chi connectivity index (χ1) is 16.8. The molecule has 0 saturated heterocycles. The van der Waals surface area contributed by atoms with Crippen LogP contribution < -0.4 is 20.2 Å². The molecule has 0 radical (unpaired) electrons. The first kappa shape index (κ1) is 24.3. The number of hydrogen-bond donors (Lipinski definition) is 2. The standard InChI is InChI=1S/C22H17N5O8/c1-34-19-5-3-2-4-17(19)24-21(28)22(29)25-23-13-14-6-9-16(10-7-14)35-20-11-8-15(26(30)31)12-18(20)27(32)33/h2-13H,1H3,(H,24,28)(H,25,29)/b23-13+. The minimum atomic E-state index is -1.00. The molecule has 178 valence electrons.